The molecule has 0 bridgehead atoms. The molecule has 1 aromatic heterocycles. The largest absolute Gasteiger partial charge is 0.355 e. The second kappa shape index (κ2) is 11.2. The average Bonchev–Trinajstić information content (AvgIpc) is 3.25. The second-order valence-corrected chi connectivity index (χ2v) is 10.4. The Morgan fingerprint density at radius 2 is 1.87 bits per heavy atom. The predicted octanol–water partition coefficient (Wildman–Crippen LogP) is 5.68. The molecule has 2 heterocycles. The highest BCUT2D eigenvalue weighted by atomic mass is 32.2. The van der Waals surface area contributed by atoms with Gasteiger partial charge in [-0.15, -0.1) is 11.8 Å². The lowest BCUT2D eigenvalue weighted by Gasteiger charge is -2.23. The lowest BCUT2D eigenvalue weighted by atomic mass is 9.99. The summed E-state index contributed by atoms with van der Waals surface area (Å²) in [5.74, 6) is -0.110. The first-order chi connectivity index (χ1) is 18.5. The zero-order chi connectivity index (χ0) is 26.6. The molecule has 1 N–H and O–H groups in total. The molecule has 5 rings (SSSR count). The van der Waals surface area contributed by atoms with Crippen LogP contribution in [0.2, 0.25) is 0 Å². The van der Waals surface area contributed by atoms with Crippen LogP contribution in [0, 0.1) is 12.7 Å². The van der Waals surface area contributed by atoms with E-state index in [2.05, 4.69) is 5.32 Å². The first kappa shape index (κ1) is 25.7. The van der Waals surface area contributed by atoms with Crippen molar-refractivity contribution in [1.29, 1.82) is 0 Å². The van der Waals surface area contributed by atoms with E-state index in [1.807, 2.05) is 74.5 Å². The van der Waals surface area contributed by atoms with E-state index in [4.69, 9.17) is 5.10 Å². The molecule has 6 nitrogen and oxygen atoms in total. The molecule has 0 saturated carbocycles. The van der Waals surface area contributed by atoms with E-state index in [0.717, 1.165) is 34.4 Å². The third kappa shape index (κ3) is 5.22. The smallest absolute Gasteiger partial charge is 0.240 e. The van der Waals surface area contributed by atoms with Crippen molar-refractivity contribution in [3.8, 4) is 16.9 Å². The topological polar surface area (TPSA) is 67.2 Å². The Balaban J connectivity index is 1.79. The van der Waals surface area contributed by atoms with E-state index in [-0.39, 0.29) is 35.2 Å². The molecule has 0 unspecified atom stereocenters. The third-order valence-electron chi connectivity index (χ3n) is 6.41. The molecule has 1 atom stereocenters. The number of amides is 2. The number of benzene rings is 3. The molecule has 3 aromatic carbocycles. The minimum atomic E-state index is -0.373. The van der Waals surface area contributed by atoms with Gasteiger partial charge >= 0.3 is 0 Å². The van der Waals surface area contributed by atoms with E-state index in [1.54, 1.807) is 10.7 Å². The number of nitrogens with zero attached hydrogens (tertiary/aromatic N) is 3. The maximum absolute atomic E-state index is 14.4. The monoisotopic (exact) mass is 528 g/mol. The van der Waals surface area contributed by atoms with Gasteiger partial charge in [0, 0.05) is 17.7 Å². The molecule has 0 spiro atoms. The maximum atomic E-state index is 14.4. The number of carbonyl (C=O) groups excluding carboxylic acids is 2. The third-order valence-corrected chi connectivity index (χ3v) is 7.66. The molecule has 0 aliphatic carbocycles. The van der Waals surface area contributed by atoms with E-state index in [0.29, 0.717) is 18.1 Å². The van der Waals surface area contributed by atoms with E-state index in [1.165, 1.54) is 28.8 Å². The molecule has 2 amide bonds. The fraction of sp³-hybridized carbons (Fsp3) is 0.233. The van der Waals surface area contributed by atoms with Crippen LogP contribution < -0.4 is 10.2 Å². The molecule has 8 heteroatoms. The van der Waals surface area contributed by atoms with Crippen LogP contribution in [-0.4, -0.2) is 40.4 Å². The van der Waals surface area contributed by atoms with Crippen LogP contribution in [-0.2, 0) is 9.59 Å². The lowest BCUT2D eigenvalue weighted by molar-refractivity contribution is -0.122. The van der Waals surface area contributed by atoms with Crippen molar-refractivity contribution in [2.75, 3.05) is 23.7 Å². The molecule has 0 fully saturated rings. The number of rotatable bonds is 7. The SMILES string of the molecule is CCCNC(=O)CN1C(=O)CS[C@H](c2cccc(F)c2)c2c(-c3ccccc3)nn(-c3cccc(C)c3)c21. The van der Waals surface area contributed by atoms with Gasteiger partial charge in [-0.25, -0.2) is 9.07 Å². The molecule has 1 aliphatic rings. The molecule has 194 valence electrons. The summed E-state index contributed by atoms with van der Waals surface area (Å²) in [5, 5.41) is 7.57. The summed E-state index contributed by atoms with van der Waals surface area (Å²) in [6.45, 7) is 4.37. The summed E-state index contributed by atoms with van der Waals surface area (Å²) < 4.78 is 16.2. The number of aryl methyl sites for hydroxylation is 1. The minimum Gasteiger partial charge on any atom is -0.355 e. The van der Waals surface area contributed by atoms with Crippen LogP contribution in [0.15, 0.2) is 78.9 Å². The number of hydrogen-bond donors (Lipinski definition) is 1. The van der Waals surface area contributed by atoms with Crippen LogP contribution in [0.4, 0.5) is 10.2 Å². The summed E-state index contributed by atoms with van der Waals surface area (Å²) in [5.41, 5.74) is 4.90. The lowest BCUT2D eigenvalue weighted by Crippen LogP contribution is -2.42. The molecule has 38 heavy (non-hydrogen) atoms. The molecule has 0 radical (unpaired) electrons. The summed E-state index contributed by atoms with van der Waals surface area (Å²) in [7, 11) is 0. The van der Waals surface area contributed by atoms with Gasteiger partial charge in [-0.2, -0.15) is 5.10 Å². The van der Waals surface area contributed by atoms with Crippen molar-refractivity contribution >= 4 is 29.4 Å². The zero-order valence-corrected chi connectivity index (χ0v) is 22.2. The molecule has 1 aliphatic heterocycles. The van der Waals surface area contributed by atoms with E-state index >= 15 is 0 Å². The van der Waals surface area contributed by atoms with Crippen molar-refractivity contribution in [2.24, 2.45) is 0 Å². The van der Waals surface area contributed by atoms with Crippen molar-refractivity contribution in [3.05, 3.63) is 101 Å². The fourth-order valence-electron chi connectivity index (χ4n) is 4.66. The molecular weight excluding hydrogens is 499 g/mol. The maximum Gasteiger partial charge on any atom is 0.240 e. The standard InChI is InChI=1S/C30H29FN4O2S/c1-3-15-32-25(36)18-34-26(37)19-38-29(22-12-8-13-23(31)17-22)27-28(21-10-5-4-6-11-21)33-35(30(27)34)24-14-7-9-20(2)16-24/h4-14,16-17,29H,3,15,18-19H2,1-2H3,(H,32,36)/t29-/m1/s1. The highest BCUT2D eigenvalue weighted by Gasteiger charge is 2.37. The van der Waals surface area contributed by atoms with Gasteiger partial charge in [0.1, 0.15) is 18.2 Å². The summed E-state index contributed by atoms with van der Waals surface area (Å²) >= 11 is 1.42. The van der Waals surface area contributed by atoms with Crippen LogP contribution >= 0.6 is 11.8 Å². The summed E-state index contributed by atoms with van der Waals surface area (Å²) in [4.78, 5) is 28.1. The molecular formula is C30H29FN4O2S. The van der Waals surface area contributed by atoms with Crippen molar-refractivity contribution < 1.29 is 14.0 Å². The second-order valence-electron chi connectivity index (χ2n) is 9.28. The number of thioether (sulfide) groups is 1. The van der Waals surface area contributed by atoms with Crippen LogP contribution in [0.3, 0.4) is 0 Å². The van der Waals surface area contributed by atoms with Crippen LogP contribution in [0.1, 0.15) is 35.3 Å². The summed E-state index contributed by atoms with van der Waals surface area (Å²) in [6.07, 6.45) is 0.793. The van der Waals surface area contributed by atoms with Gasteiger partial charge in [0.2, 0.25) is 11.8 Å². The van der Waals surface area contributed by atoms with Crippen LogP contribution in [0.5, 0.6) is 0 Å². The van der Waals surface area contributed by atoms with Crippen molar-refractivity contribution in [3.63, 3.8) is 0 Å². The van der Waals surface area contributed by atoms with Gasteiger partial charge < -0.3 is 5.32 Å². The van der Waals surface area contributed by atoms with Gasteiger partial charge in [0.25, 0.3) is 0 Å². The van der Waals surface area contributed by atoms with Crippen molar-refractivity contribution in [2.45, 2.75) is 25.5 Å². The van der Waals surface area contributed by atoms with Gasteiger partial charge in [0.15, 0.2) is 0 Å². The van der Waals surface area contributed by atoms with E-state index < -0.39 is 0 Å². The number of carbonyl (C=O) groups is 2. The predicted molar refractivity (Wildman–Crippen MR) is 150 cm³/mol. The van der Waals surface area contributed by atoms with Crippen LogP contribution in [0.25, 0.3) is 16.9 Å². The zero-order valence-electron chi connectivity index (χ0n) is 21.4. The first-order valence-electron chi connectivity index (χ1n) is 12.7. The highest BCUT2D eigenvalue weighted by Crippen LogP contribution is 2.48. The Morgan fingerprint density at radius 3 is 2.61 bits per heavy atom. The number of fused-ring (bicyclic) bond motifs is 1. The normalized spacial score (nSPS) is 15.2. The van der Waals surface area contributed by atoms with E-state index in [9.17, 15) is 14.0 Å². The van der Waals surface area contributed by atoms with Gasteiger partial charge in [-0.1, -0.05) is 61.5 Å². The number of anilines is 1. The number of hydrogen-bond acceptors (Lipinski definition) is 4. The number of nitrogens with one attached hydrogen (secondary N) is 1. The quantitative estimate of drug-likeness (QED) is 0.335. The first-order valence-corrected chi connectivity index (χ1v) is 13.7. The Kier molecular flexibility index (Phi) is 7.60. The summed E-state index contributed by atoms with van der Waals surface area (Å²) in [6, 6.07) is 24.1. The Hall–Kier alpha value is -3.91. The van der Waals surface area contributed by atoms with Crippen molar-refractivity contribution in [1.82, 2.24) is 15.1 Å². The Morgan fingerprint density at radius 1 is 1.08 bits per heavy atom. The Bertz CT molecular complexity index is 1470. The fourth-order valence-corrected chi connectivity index (χ4v) is 5.85. The number of aromatic nitrogens is 2. The van der Waals surface area contributed by atoms with Gasteiger partial charge in [-0.05, 0) is 48.7 Å². The van der Waals surface area contributed by atoms with Gasteiger partial charge in [-0.3, -0.25) is 14.5 Å². The molecule has 0 saturated heterocycles. The number of halogens is 1. The Labute approximate surface area is 225 Å². The van der Waals surface area contributed by atoms with Gasteiger partial charge in [0.05, 0.1) is 22.4 Å². The minimum absolute atomic E-state index is 0.131. The highest BCUT2D eigenvalue weighted by molar-refractivity contribution is 8.00. The average molecular weight is 529 g/mol. The molecule has 4 aromatic rings.